The minimum atomic E-state index is 0.00224. The van der Waals surface area contributed by atoms with Gasteiger partial charge in [-0.1, -0.05) is 6.92 Å². The van der Waals surface area contributed by atoms with E-state index in [9.17, 15) is 4.79 Å². The first kappa shape index (κ1) is 13.5. The molecule has 0 saturated carbocycles. The topological polar surface area (TPSA) is 64.3 Å². The van der Waals surface area contributed by atoms with Crippen LogP contribution in [0.1, 0.15) is 18.9 Å². The van der Waals surface area contributed by atoms with Crippen molar-refractivity contribution in [1.29, 1.82) is 0 Å². The Kier molecular flexibility index (Phi) is 4.97. The molecule has 4 nitrogen and oxygen atoms in total. The van der Waals surface area contributed by atoms with Crippen molar-refractivity contribution in [2.45, 2.75) is 20.3 Å². The number of carbonyl (C=O) groups is 1. The van der Waals surface area contributed by atoms with E-state index in [0.29, 0.717) is 18.7 Å². The van der Waals surface area contributed by atoms with E-state index in [2.05, 4.69) is 5.32 Å². The van der Waals surface area contributed by atoms with Gasteiger partial charge in [0.25, 0.3) is 0 Å². The Balaban J connectivity index is 2.56. The Morgan fingerprint density at radius 3 is 2.82 bits per heavy atom. The molecule has 1 unspecified atom stereocenters. The zero-order chi connectivity index (χ0) is 12.8. The Morgan fingerprint density at radius 1 is 1.53 bits per heavy atom. The summed E-state index contributed by atoms with van der Waals surface area (Å²) in [5, 5.41) is 2.88. The molecule has 1 amide bonds. The quantitative estimate of drug-likeness (QED) is 0.770. The summed E-state index contributed by atoms with van der Waals surface area (Å²) in [6.07, 6.45) is 0.456. The van der Waals surface area contributed by atoms with Gasteiger partial charge >= 0.3 is 0 Å². The largest absolute Gasteiger partial charge is 0.399 e. The van der Waals surface area contributed by atoms with Gasteiger partial charge in [-0.05, 0) is 36.6 Å². The molecular formula is C13H20N2O2. The van der Waals surface area contributed by atoms with Gasteiger partial charge in [0, 0.05) is 31.5 Å². The molecule has 0 aliphatic carbocycles. The zero-order valence-electron chi connectivity index (χ0n) is 10.6. The van der Waals surface area contributed by atoms with Crippen molar-refractivity contribution >= 4 is 17.3 Å². The number of carbonyl (C=O) groups excluding carboxylic acids is 1. The molecule has 0 fully saturated rings. The molecule has 1 aromatic rings. The number of aryl methyl sites for hydroxylation is 1. The average molecular weight is 236 g/mol. The van der Waals surface area contributed by atoms with Crippen molar-refractivity contribution in [3.63, 3.8) is 0 Å². The molecule has 1 atom stereocenters. The Hall–Kier alpha value is -1.55. The van der Waals surface area contributed by atoms with Gasteiger partial charge in [-0.2, -0.15) is 0 Å². The minimum Gasteiger partial charge on any atom is -0.399 e. The molecule has 0 bridgehead atoms. The summed E-state index contributed by atoms with van der Waals surface area (Å²) < 4.78 is 5.00. The zero-order valence-corrected chi connectivity index (χ0v) is 10.6. The molecule has 1 aromatic carbocycles. The Labute approximate surface area is 102 Å². The number of nitrogen functional groups attached to an aromatic ring is 1. The summed E-state index contributed by atoms with van der Waals surface area (Å²) in [5.41, 5.74) is 8.14. The maximum Gasteiger partial charge on any atom is 0.224 e. The van der Waals surface area contributed by atoms with E-state index in [1.165, 1.54) is 0 Å². The fourth-order valence-electron chi connectivity index (χ4n) is 1.69. The average Bonchev–Trinajstić information content (AvgIpc) is 2.22. The van der Waals surface area contributed by atoms with E-state index in [1.807, 2.05) is 26.0 Å². The van der Waals surface area contributed by atoms with E-state index >= 15 is 0 Å². The van der Waals surface area contributed by atoms with Crippen LogP contribution in [0.2, 0.25) is 0 Å². The lowest BCUT2D eigenvalue weighted by Gasteiger charge is -2.12. The number of rotatable bonds is 5. The third-order valence-corrected chi connectivity index (χ3v) is 2.51. The molecule has 0 aromatic heterocycles. The number of anilines is 2. The fourth-order valence-corrected chi connectivity index (χ4v) is 1.69. The second-order valence-electron chi connectivity index (χ2n) is 4.39. The van der Waals surface area contributed by atoms with Crippen LogP contribution in [0.4, 0.5) is 11.4 Å². The highest BCUT2D eigenvalue weighted by atomic mass is 16.5. The second-order valence-corrected chi connectivity index (χ2v) is 4.39. The lowest BCUT2D eigenvalue weighted by Crippen LogP contribution is -2.18. The maximum atomic E-state index is 11.7. The van der Waals surface area contributed by atoms with Gasteiger partial charge in [0.05, 0.1) is 0 Å². The molecule has 0 aliphatic rings. The SMILES string of the molecule is COCC(C)CC(=O)Nc1ccc(N)cc1C. The maximum absolute atomic E-state index is 11.7. The summed E-state index contributed by atoms with van der Waals surface area (Å²) in [6, 6.07) is 5.44. The highest BCUT2D eigenvalue weighted by Crippen LogP contribution is 2.18. The number of ether oxygens (including phenoxy) is 1. The van der Waals surface area contributed by atoms with Crippen LogP contribution in [0.5, 0.6) is 0 Å². The highest BCUT2D eigenvalue weighted by Gasteiger charge is 2.10. The summed E-state index contributed by atoms with van der Waals surface area (Å²) in [6.45, 7) is 4.50. The lowest BCUT2D eigenvalue weighted by atomic mass is 10.1. The van der Waals surface area contributed by atoms with Gasteiger partial charge in [-0.15, -0.1) is 0 Å². The van der Waals surface area contributed by atoms with Gasteiger partial charge in [0.15, 0.2) is 0 Å². The standard InChI is InChI=1S/C13H20N2O2/c1-9(8-17-3)6-13(16)15-12-5-4-11(14)7-10(12)2/h4-5,7,9H,6,8,14H2,1-3H3,(H,15,16). The van der Waals surface area contributed by atoms with E-state index in [4.69, 9.17) is 10.5 Å². The van der Waals surface area contributed by atoms with Crippen molar-refractivity contribution in [2.75, 3.05) is 24.8 Å². The van der Waals surface area contributed by atoms with Crippen LogP contribution in [-0.2, 0) is 9.53 Å². The third kappa shape index (κ3) is 4.44. The van der Waals surface area contributed by atoms with E-state index < -0.39 is 0 Å². The van der Waals surface area contributed by atoms with Gasteiger partial charge < -0.3 is 15.8 Å². The van der Waals surface area contributed by atoms with Crippen LogP contribution in [0.15, 0.2) is 18.2 Å². The van der Waals surface area contributed by atoms with Crippen molar-refractivity contribution in [3.05, 3.63) is 23.8 Å². The molecular weight excluding hydrogens is 216 g/mol. The minimum absolute atomic E-state index is 0.00224. The first-order chi connectivity index (χ1) is 8.02. The lowest BCUT2D eigenvalue weighted by molar-refractivity contribution is -0.117. The molecule has 4 heteroatoms. The van der Waals surface area contributed by atoms with Crippen LogP contribution < -0.4 is 11.1 Å². The number of nitrogens with one attached hydrogen (secondary N) is 1. The number of hydrogen-bond donors (Lipinski definition) is 2. The van der Waals surface area contributed by atoms with Gasteiger partial charge in [-0.25, -0.2) is 0 Å². The fraction of sp³-hybridized carbons (Fsp3) is 0.462. The molecule has 1 rings (SSSR count). The van der Waals surface area contributed by atoms with Gasteiger partial charge in [-0.3, -0.25) is 4.79 Å². The van der Waals surface area contributed by atoms with Crippen molar-refractivity contribution in [2.24, 2.45) is 5.92 Å². The molecule has 0 saturated heterocycles. The van der Waals surface area contributed by atoms with Gasteiger partial charge in [0.2, 0.25) is 5.91 Å². The second kappa shape index (κ2) is 6.25. The van der Waals surface area contributed by atoms with E-state index in [1.54, 1.807) is 13.2 Å². The van der Waals surface area contributed by atoms with Crippen LogP contribution in [-0.4, -0.2) is 19.6 Å². The van der Waals surface area contributed by atoms with Crippen molar-refractivity contribution in [3.8, 4) is 0 Å². The molecule has 0 heterocycles. The van der Waals surface area contributed by atoms with Crippen molar-refractivity contribution in [1.82, 2.24) is 0 Å². The summed E-state index contributed by atoms with van der Waals surface area (Å²) in [4.78, 5) is 11.7. The summed E-state index contributed by atoms with van der Waals surface area (Å²) in [7, 11) is 1.64. The number of hydrogen-bond acceptors (Lipinski definition) is 3. The van der Waals surface area contributed by atoms with Gasteiger partial charge in [0.1, 0.15) is 0 Å². The monoisotopic (exact) mass is 236 g/mol. The summed E-state index contributed by atoms with van der Waals surface area (Å²) >= 11 is 0. The number of nitrogens with two attached hydrogens (primary N) is 1. The smallest absolute Gasteiger partial charge is 0.224 e. The molecule has 17 heavy (non-hydrogen) atoms. The Bertz CT molecular complexity index is 391. The number of methoxy groups -OCH3 is 1. The van der Waals surface area contributed by atoms with Crippen molar-refractivity contribution < 1.29 is 9.53 Å². The highest BCUT2D eigenvalue weighted by molar-refractivity contribution is 5.91. The third-order valence-electron chi connectivity index (χ3n) is 2.51. The molecule has 0 aliphatic heterocycles. The molecule has 3 N–H and O–H groups in total. The summed E-state index contributed by atoms with van der Waals surface area (Å²) in [5.74, 6) is 0.219. The molecule has 94 valence electrons. The van der Waals surface area contributed by atoms with E-state index in [0.717, 1.165) is 11.3 Å². The number of benzene rings is 1. The van der Waals surface area contributed by atoms with Crippen LogP contribution in [0, 0.1) is 12.8 Å². The van der Waals surface area contributed by atoms with Crippen LogP contribution >= 0.6 is 0 Å². The van der Waals surface area contributed by atoms with E-state index in [-0.39, 0.29) is 11.8 Å². The number of amides is 1. The van der Waals surface area contributed by atoms with Crippen LogP contribution in [0.3, 0.4) is 0 Å². The first-order valence-corrected chi connectivity index (χ1v) is 5.68. The molecule has 0 spiro atoms. The molecule has 0 radical (unpaired) electrons. The van der Waals surface area contributed by atoms with Crippen LogP contribution in [0.25, 0.3) is 0 Å². The predicted molar refractivity (Wildman–Crippen MR) is 69.9 cm³/mol. The Morgan fingerprint density at radius 2 is 2.24 bits per heavy atom. The predicted octanol–water partition coefficient (Wildman–Crippen LogP) is 2.19. The first-order valence-electron chi connectivity index (χ1n) is 5.68. The normalized spacial score (nSPS) is 12.2.